The average Bonchev–Trinajstić information content (AvgIpc) is 3.47. The van der Waals surface area contributed by atoms with Crippen LogP contribution in [0.3, 0.4) is 0 Å². The van der Waals surface area contributed by atoms with E-state index in [1.807, 2.05) is 47.4 Å². The molecule has 206 valence electrons. The molecule has 4 aromatic carbocycles. The van der Waals surface area contributed by atoms with Gasteiger partial charge in [0.2, 0.25) is 0 Å². The van der Waals surface area contributed by atoms with Crippen LogP contribution in [0.15, 0.2) is 103 Å². The van der Waals surface area contributed by atoms with Crippen molar-refractivity contribution in [1.82, 2.24) is 0 Å². The van der Waals surface area contributed by atoms with Gasteiger partial charge >= 0.3 is 0 Å². The van der Waals surface area contributed by atoms with Gasteiger partial charge in [-0.15, -0.1) is 0 Å². The summed E-state index contributed by atoms with van der Waals surface area (Å²) in [5.41, 5.74) is 1.35. The van der Waals surface area contributed by atoms with E-state index in [2.05, 4.69) is 0 Å². The first-order valence-electron chi connectivity index (χ1n) is 13.5. The molecule has 0 bridgehead atoms. The molecule has 3 aliphatic rings. The highest BCUT2D eigenvalue weighted by atomic mass is 16.6. The number of hydrogen-bond donors (Lipinski definition) is 0. The number of para-hydroxylation sites is 1. The van der Waals surface area contributed by atoms with Crippen molar-refractivity contribution in [2.45, 2.75) is 18.0 Å². The first-order valence-corrected chi connectivity index (χ1v) is 13.5. The number of Topliss-reactive ketones (excluding diaryl/α,β-unsaturated/α-hetero) is 3. The van der Waals surface area contributed by atoms with Crippen LogP contribution >= 0.6 is 0 Å². The molecule has 3 atom stereocenters. The molecule has 0 unspecified atom stereocenters. The summed E-state index contributed by atoms with van der Waals surface area (Å²) in [4.78, 5) is 56.7. The third kappa shape index (κ3) is 3.38. The number of carbonyl (C=O) groups excluding carboxylic acids is 3. The maximum Gasteiger partial charge on any atom is 0.269 e. The van der Waals surface area contributed by atoms with Crippen LogP contribution in [0.4, 0.5) is 11.4 Å². The van der Waals surface area contributed by atoms with Crippen LogP contribution in [0.2, 0.25) is 0 Å². The van der Waals surface area contributed by atoms with Crippen molar-refractivity contribution in [2.75, 3.05) is 12.0 Å². The van der Waals surface area contributed by atoms with Crippen molar-refractivity contribution in [1.29, 1.82) is 0 Å². The molecule has 0 saturated carbocycles. The number of fused-ring (bicyclic) bond motifs is 5. The number of carbonyl (C=O) groups is 3. The van der Waals surface area contributed by atoms with E-state index in [0.717, 1.165) is 11.3 Å². The maximum atomic E-state index is 14.7. The van der Waals surface area contributed by atoms with E-state index in [1.165, 1.54) is 31.4 Å². The zero-order valence-corrected chi connectivity index (χ0v) is 22.5. The normalized spacial score (nSPS) is 21.2. The Morgan fingerprint density at radius 3 is 2.21 bits per heavy atom. The van der Waals surface area contributed by atoms with E-state index in [-0.39, 0.29) is 28.6 Å². The molecular weight excluding hydrogens is 532 g/mol. The Labute approximate surface area is 241 Å². The fraction of sp³-hybridized carbons (Fsp3) is 0.147. The highest BCUT2D eigenvalue weighted by Gasteiger charge is 2.71. The molecule has 1 fully saturated rings. The summed E-state index contributed by atoms with van der Waals surface area (Å²) in [6.07, 6.45) is 3.77. The fourth-order valence-corrected chi connectivity index (χ4v) is 7.04. The van der Waals surface area contributed by atoms with E-state index in [1.54, 1.807) is 42.5 Å². The summed E-state index contributed by atoms with van der Waals surface area (Å²) < 4.78 is 5.53. The van der Waals surface area contributed by atoms with Gasteiger partial charge in [0.05, 0.1) is 18.1 Å². The molecule has 42 heavy (non-hydrogen) atoms. The van der Waals surface area contributed by atoms with Crippen LogP contribution in [0.5, 0.6) is 5.75 Å². The van der Waals surface area contributed by atoms with Crippen LogP contribution in [0, 0.1) is 15.5 Å². The van der Waals surface area contributed by atoms with Crippen molar-refractivity contribution in [3.63, 3.8) is 0 Å². The summed E-state index contributed by atoms with van der Waals surface area (Å²) in [6.45, 7) is 0. The van der Waals surface area contributed by atoms with Gasteiger partial charge in [-0.1, -0.05) is 66.7 Å². The van der Waals surface area contributed by atoms with Gasteiger partial charge in [-0.05, 0) is 41.5 Å². The van der Waals surface area contributed by atoms with E-state index in [0.29, 0.717) is 22.4 Å². The molecule has 0 N–H and O–H groups in total. The third-order valence-corrected chi connectivity index (χ3v) is 8.80. The number of methoxy groups -OCH3 is 1. The number of nitro groups is 1. The smallest absolute Gasteiger partial charge is 0.269 e. The Morgan fingerprint density at radius 1 is 0.881 bits per heavy atom. The average molecular weight is 557 g/mol. The molecule has 7 rings (SSSR count). The lowest BCUT2D eigenvalue weighted by atomic mass is 9.64. The molecule has 4 aromatic rings. The van der Waals surface area contributed by atoms with Gasteiger partial charge in [-0.3, -0.25) is 24.5 Å². The van der Waals surface area contributed by atoms with Crippen molar-refractivity contribution >= 4 is 34.8 Å². The number of ketones is 3. The molecule has 0 amide bonds. The number of nitrogens with zero attached hydrogens (tertiary/aromatic N) is 2. The van der Waals surface area contributed by atoms with Gasteiger partial charge in [-0.25, -0.2) is 0 Å². The van der Waals surface area contributed by atoms with Crippen LogP contribution in [-0.2, 0) is 0 Å². The number of benzene rings is 4. The molecule has 0 aromatic heterocycles. The number of ether oxygens (including phenoxy) is 1. The largest absolute Gasteiger partial charge is 0.497 e. The van der Waals surface area contributed by atoms with Crippen LogP contribution in [0.25, 0.3) is 6.08 Å². The Kier molecular flexibility index (Phi) is 5.69. The number of hydrogen-bond acceptors (Lipinski definition) is 7. The fourth-order valence-electron chi connectivity index (χ4n) is 7.04. The van der Waals surface area contributed by atoms with Gasteiger partial charge in [0.1, 0.15) is 17.2 Å². The Bertz CT molecular complexity index is 1810. The zero-order chi connectivity index (χ0) is 29.2. The first-order chi connectivity index (χ1) is 20.4. The summed E-state index contributed by atoms with van der Waals surface area (Å²) in [5, 5.41) is 11.3. The lowest BCUT2D eigenvalue weighted by molar-refractivity contribution is -0.384. The molecule has 1 saturated heterocycles. The van der Waals surface area contributed by atoms with Crippen LogP contribution < -0.4 is 9.64 Å². The standard InChI is InChI=1S/C34H24N2O6/c1-42-24-9-6-8-22(19-24)29-30(31(37)21-13-16-23(17-14-21)36(40)41)35-27-12-5-2-7-20(27)15-18-28(35)34(29)32(38)25-10-3-4-11-26(25)33(34)39/h2-19,28-30H,1H3/t28-,29+,30+/m0/s1. The highest BCUT2D eigenvalue weighted by molar-refractivity contribution is 6.32. The minimum Gasteiger partial charge on any atom is -0.497 e. The van der Waals surface area contributed by atoms with E-state index in [9.17, 15) is 24.5 Å². The molecule has 8 heteroatoms. The Morgan fingerprint density at radius 2 is 1.55 bits per heavy atom. The molecule has 1 spiro atoms. The first kappa shape index (κ1) is 25.6. The van der Waals surface area contributed by atoms with Gasteiger partial charge in [0, 0.05) is 40.4 Å². The molecule has 1 aliphatic carbocycles. The second-order valence-electron chi connectivity index (χ2n) is 10.7. The summed E-state index contributed by atoms with van der Waals surface area (Å²) in [7, 11) is 1.53. The van der Waals surface area contributed by atoms with E-state index >= 15 is 0 Å². The monoisotopic (exact) mass is 556 g/mol. The topological polar surface area (TPSA) is 107 Å². The quantitative estimate of drug-likeness (QED) is 0.130. The Balaban J connectivity index is 1.52. The van der Waals surface area contributed by atoms with Gasteiger partial charge in [0.15, 0.2) is 17.3 Å². The SMILES string of the molecule is COc1cccc([C@@H]2[C@H](C(=O)c3ccc([N+](=O)[O-])cc3)N3c4ccccc4C=C[C@H]3C23C(=O)c2ccccc2C3=O)c1. The van der Waals surface area contributed by atoms with Gasteiger partial charge in [0.25, 0.3) is 5.69 Å². The summed E-state index contributed by atoms with van der Waals surface area (Å²) in [5.74, 6) is -1.37. The van der Waals surface area contributed by atoms with Crippen molar-refractivity contribution in [2.24, 2.45) is 5.41 Å². The second kappa shape index (κ2) is 9.34. The van der Waals surface area contributed by atoms with Crippen molar-refractivity contribution in [3.05, 3.63) is 141 Å². The highest BCUT2D eigenvalue weighted by Crippen LogP contribution is 2.61. The van der Waals surface area contributed by atoms with Gasteiger partial charge < -0.3 is 9.64 Å². The van der Waals surface area contributed by atoms with Crippen LogP contribution in [-0.4, -0.2) is 41.5 Å². The molecule has 2 aliphatic heterocycles. The predicted molar refractivity (Wildman–Crippen MR) is 156 cm³/mol. The summed E-state index contributed by atoms with van der Waals surface area (Å²) in [6, 6.07) is 25.2. The maximum absolute atomic E-state index is 14.7. The Hall–Kier alpha value is -5.37. The van der Waals surface area contributed by atoms with Gasteiger partial charge in [-0.2, -0.15) is 0 Å². The van der Waals surface area contributed by atoms with E-state index in [4.69, 9.17) is 4.74 Å². The zero-order valence-electron chi connectivity index (χ0n) is 22.5. The predicted octanol–water partition coefficient (Wildman–Crippen LogP) is 5.92. The number of anilines is 1. The van der Waals surface area contributed by atoms with E-state index < -0.39 is 28.3 Å². The van der Waals surface area contributed by atoms with Crippen molar-refractivity contribution in [3.8, 4) is 5.75 Å². The third-order valence-electron chi connectivity index (χ3n) is 8.80. The lowest BCUT2D eigenvalue weighted by Gasteiger charge is -2.37. The minimum atomic E-state index is -1.64. The number of rotatable bonds is 5. The second-order valence-corrected chi connectivity index (χ2v) is 10.7. The van der Waals surface area contributed by atoms with Crippen molar-refractivity contribution < 1.29 is 24.0 Å². The summed E-state index contributed by atoms with van der Waals surface area (Å²) >= 11 is 0. The van der Waals surface area contributed by atoms with Crippen LogP contribution in [0.1, 0.15) is 48.1 Å². The molecule has 0 radical (unpaired) electrons. The number of non-ortho nitro benzene ring substituents is 1. The molecule has 2 heterocycles. The lowest BCUT2D eigenvalue weighted by Crippen LogP contribution is -2.48. The molecular formula is C34H24N2O6. The molecule has 8 nitrogen and oxygen atoms in total. The minimum absolute atomic E-state index is 0.139. The number of nitro benzene ring substituents is 1.